The van der Waals surface area contributed by atoms with Crippen LogP contribution in [0.5, 0.6) is 5.75 Å². The summed E-state index contributed by atoms with van der Waals surface area (Å²) in [6.45, 7) is 3.88. The number of ether oxygens (including phenoxy) is 1. The van der Waals surface area contributed by atoms with Crippen molar-refractivity contribution in [3.8, 4) is 5.75 Å². The van der Waals surface area contributed by atoms with Gasteiger partial charge in [-0.2, -0.15) is 0 Å². The molecule has 1 unspecified atom stereocenters. The molecule has 0 aliphatic carbocycles. The monoisotopic (exact) mass is 338 g/mol. The van der Waals surface area contributed by atoms with Crippen LogP contribution in [0.25, 0.3) is 0 Å². The predicted octanol–water partition coefficient (Wildman–Crippen LogP) is 4.53. The number of aryl methyl sites for hydroxylation is 1. The molecule has 0 spiro atoms. The number of aliphatic hydroxyl groups is 1. The van der Waals surface area contributed by atoms with Crippen molar-refractivity contribution in [1.29, 1.82) is 0 Å². The Kier molecular flexibility index (Phi) is 4.78. The van der Waals surface area contributed by atoms with Crippen LogP contribution in [-0.2, 0) is 6.61 Å². The average Bonchev–Trinajstić information content (AvgIpc) is 2.40. The van der Waals surface area contributed by atoms with E-state index in [9.17, 15) is 9.50 Å². The van der Waals surface area contributed by atoms with Gasteiger partial charge in [-0.15, -0.1) is 0 Å². The van der Waals surface area contributed by atoms with E-state index in [1.54, 1.807) is 19.1 Å². The van der Waals surface area contributed by atoms with Crippen LogP contribution in [0, 0.1) is 12.7 Å². The van der Waals surface area contributed by atoms with Gasteiger partial charge in [0.25, 0.3) is 0 Å². The number of aliphatic hydroxyl groups excluding tert-OH is 1. The summed E-state index contributed by atoms with van der Waals surface area (Å²) in [5.41, 5.74) is 2.49. The minimum Gasteiger partial charge on any atom is -0.488 e. The molecule has 0 aromatic heterocycles. The lowest BCUT2D eigenvalue weighted by Gasteiger charge is -2.15. The van der Waals surface area contributed by atoms with Crippen molar-refractivity contribution in [3.05, 3.63) is 63.4 Å². The van der Waals surface area contributed by atoms with Crippen LogP contribution >= 0.6 is 15.9 Å². The van der Waals surface area contributed by atoms with Gasteiger partial charge in [0.15, 0.2) is 0 Å². The Balaban J connectivity index is 2.22. The highest BCUT2D eigenvalue weighted by Gasteiger charge is 2.11. The SMILES string of the molecule is Cc1ccc(C(C)O)c(OCc2cccc(F)c2Br)c1. The molecule has 0 aliphatic heterocycles. The van der Waals surface area contributed by atoms with Crippen LogP contribution in [0.2, 0.25) is 0 Å². The van der Waals surface area contributed by atoms with Crippen LogP contribution < -0.4 is 4.74 Å². The highest BCUT2D eigenvalue weighted by Crippen LogP contribution is 2.28. The standard InChI is InChI=1S/C16H16BrFO2/c1-10-6-7-13(11(2)19)15(8-10)20-9-12-4-3-5-14(18)16(12)17/h3-8,11,19H,9H2,1-2H3. The second-order valence-electron chi connectivity index (χ2n) is 4.72. The molecular formula is C16H16BrFO2. The number of halogens is 2. The Morgan fingerprint density at radius 2 is 2.05 bits per heavy atom. The fraction of sp³-hybridized carbons (Fsp3) is 0.250. The van der Waals surface area contributed by atoms with Crippen LogP contribution in [0.3, 0.4) is 0 Å². The Hall–Kier alpha value is -1.39. The van der Waals surface area contributed by atoms with Gasteiger partial charge in [0.2, 0.25) is 0 Å². The van der Waals surface area contributed by atoms with Gasteiger partial charge in [-0.05, 0) is 47.5 Å². The lowest BCUT2D eigenvalue weighted by Crippen LogP contribution is -2.02. The van der Waals surface area contributed by atoms with Crippen molar-refractivity contribution in [2.75, 3.05) is 0 Å². The molecule has 20 heavy (non-hydrogen) atoms. The zero-order chi connectivity index (χ0) is 14.7. The summed E-state index contributed by atoms with van der Waals surface area (Å²) in [6.07, 6.45) is -0.610. The van der Waals surface area contributed by atoms with Gasteiger partial charge in [-0.25, -0.2) is 4.39 Å². The lowest BCUT2D eigenvalue weighted by molar-refractivity contribution is 0.190. The maximum absolute atomic E-state index is 13.4. The molecule has 4 heteroatoms. The number of hydrogen-bond donors (Lipinski definition) is 1. The van der Waals surface area contributed by atoms with Crippen molar-refractivity contribution in [1.82, 2.24) is 0 Å². The molecule has 0 heterocycles. The van der Waals surface area contributed by atoms with E-state index in [1.807, 2.05) is 25.1 Å². The predicted molar refractivity (Wildman–Crippen MR) is 80.2 cm³/mol. The Bertz CT molecular complexity index is 611. The first kappa shape index (κ1) is 15.0. The molecule has 0 bridgehead atoms. The molecule has 0 radical (unpaired) electrons. The summed E-state index contributed by atoms with van der Waals surface area (Å²) in [4.78, 5) is 0. The van der Waals surface area contributed by atoms with Gasteiger partial charge < -0.3 is 9.84 Å². The number of rotatable bonds is 4. The third kappa shape index (κ3) is 3.38. The van der Waals surface area contributed by atoms with Gasteiger partial charge >= 0.3 is 0 Å². The van der Waals surface area contributed by atoms with Gasteiger partial charge in [0.05, 0.1) is 10.6 Å². The Morgan fingerprint density at radius 3 is 2.75 bits per heavy atom. The molecule has 0 aliphatic rings. The molecule has 2 aromatic rings. The molecule has 0 saturated carbocycles. The maximum Gasteiger partial charge on any atom is 0.137 e. The van der Waals surface area contributed by atoms with E-state index in [2.05, 4.69) is 15.9 Å². The second kappa shape index (κ2) is 6.37. The van der Waals surface area contributed by atoms with Crippen molar-refractivity contribution in [2.24, 2.45) is 0 Å². The largest absolute Gasteiger partial charge is 0.488 e. The maximum atomic E-state index is 13.4. The van der Waals surface area contributed by atoms with Crippen molar-refractivity contribution >= 4 is 15.9 Å². The summed E-state index contributed by atoms with van der Waals surface area (Å²) in [5, 5.41) is 9.74. The Labute approximate surface area is 126 Å². The smallest absolute Gasteiger partial charge is 0.137 e. The summed E-state index contributed by atoms with van der Waals surface area (Å²) in [6, 6.07) is 10.5. The number of benzene rings is 2. The fourth-order valence-corrected chi connectivity index (χ4v) is 2.31. The van der Waals surface area contributed by atoms with E-state index >= 15 is 0 Å². The van der Waals surface area contributed by atoms with Crippen molar-refractivity contribution in [2.45, 2.75) is 26.6 Å². The highest BCUT2D eigenvalue weighted by molar-refractivity contribution is 9.10. The summed E-state index contributed by atoms with van der Waals surface area (Å²) in [5.74, 6) is 0.308. The molecule has 0 fully saturated rings. The highest BCUT2D eigenvalue weighted by atomic mass is 79.9. The average molecular weight is 339 g/mol. The normalized spacial score (nSPS) is 12.2. The first-order valence-corrected chi connectivity index (χ1v) is 7.12. The fourth-order valence-electron chi connectivity index (χ4n) is 1.93. The summed E-state index contributed by atoms with van der Waals surface area (Å²) >= 11 is 3.21. The number of hydrogen-bond acceptors (Lipinski definition) is 2. The first-order valence-electron chi connectivity index (χ1n) is 6.33. The van der Waals surface area contributed by atoms with Crippen molar-refractivity contribution < 1.29 is 14.2 Å². The quantitative estimate of drug-likeness (QED) is 0.887. The molecule has 2 aromatic carbocycles. The zero-order valence-electron chi connectivity index (χ0n) is 11.4. The van der Waals surface area contributed by atoms with Crippen LogP contribution in [0.1, 0.15) is 29.7 Å². The second-order valence-corrected chi connectivity index (χ2v) is 5.51. The van der Waals surface area contributed by atoms with E-state index < -0.39 is 6.10 Å². The minimum absolute atomic E-state index is 0.238. The van der Waals surface area contributed by atoms with E-state index in [0.29, 0.717) is 10.2 Å². The van der Waals surface area contributed by atoms with E-state index in [4.69, 9.17) is 4.74 Å². The third-order valence-electron chi connectivity index (χ3n) is 3.03. The van der Waals surface area contributed by atoms with Gasteiger partial charge in [-0.3, -0.25) is 0 Å². The van der Waals surface area contributed by atoms with Crippen LogP contribution in [0.4, 0.5) is 4.39 Å². The molecule has 1 atom stereocenters. The van der Waals surface area contributed by atoms with Crippen LogP contribution in [-0.4, -0.2) is 5.11 Å². The van der Waals surface area contributed by atoms with Gasteiger partial charge in [-0.1, -0.05) is 24.3 Å². The molecule has 1 N–H and O–H groups in total. The van der Waals surface area contributed by atoms with Crippen LogP contribution in [0.15, 0.2) is 40.9 Å². The van der Waals surface area contributed by atoms with Crippen molar-refractivity contribution in [3.63, 3.8) is 0 Å². The van der Waals surface area contributed by atoms with Gasteiger partial charge in [0, 0.05) is 11.1 Å². The van der Waals surface area contributed by atoms with E-state index in [1.165, 1.54) is 6.07 Å². The van der Waals surface area contributed by atoms with E-state index in [-0.39, 0.29) is 12.4 Å². The molecule has 0 amide bonds. The molecule has 2 rings (SSSR count). The van der Waals surface area contributed by atoms with Gasteiger partial charge in [0.1, 0.15) is 18.2 Å². The minimum atomic E-state index is -0.610. The first-order chi connectivity index (χ1) is 9.49. The lowest BCUT2D eigenvalue weighted by atomic mass is 10.1. The zero-order valence-corrected chi connectivity index (χ0v) is 12.9. The third-order valence-corrected chi connectivity index (χ3v) is 3.92. The van der Waals surface area contributed by atoms with E-state index in [0.717, 1.165) is 16.7 Å². The molecular weight excluding hydrogens is 323 g/mol. The topological polar surface area (TPSA) is 29.5 Å². The molecule has 106 valence electrons. The Morgan fingerprint density at radius 1 is 1.30 bits per heavy atom. The summed E-state index contributed by atoms with van der Waals surface area (Å²) < 4.78 is 19.6. The molecule has 0 saturated heterocycles. The molecule has 2 nitrogen and oxygen atoms in total. The summed E-state index contributed by atoms with van der Waals surface area (Å²) in [7, 11) is 0.